The van der Waals surface area contributed by atoms with Gasteiger partial charge in [-0.3, -0.25) is 0 Å². The van der Waals surface area contributed by atoms with Gasteiger partial charge in [0.1, 0.15) is 0 Å². The van der Waals surface area contributed by atoms with E-state index in [9.17, 15) is 5.11 Å². The Labute approximate surface area is 120 Å². The molecule has 19 heavy (non-hydrogen) atoms. The number of halogens is 1. The Morgan fingerprint density at radius 1 is 1.37 bits per heavy atom. The van der Waals surface area contributed by atoms with Crippen LogP contribution in [0.4, 0.5) is 5.69 Å². The molecule has 0 heterocycles. The number of aliphatic hydroxyl groups is 1. The van der Waals surface area contributed by atoms with Crippen molar-refractivity contribution in [2.45, 2.75) is 38.3 Å². The number of anilines is 1. The third kappa shape index (κ3) is 3.62. The van der Waals surface area contributed by atoms with Crippen molar-refractivity contribution in [3.63, 3.8) is 0 Å². The molecule has 0 bridgehead atoms. The summed E-state index contributed by atoms with van der Waals surface area (Å²) in [7, 11) is 1.94. The maximum atomic E-state index is 9.35. The zero-order valence-corrected chi connectivity index (χ0v) is 12.3. The minimum atomic E-state index is 0.193. The van der Waals surface area contributed by atoms with Crippen molar-refractivity contribution in [1.82, 2.24) is 5.32 Å². The van der Waals surface area contributed by atoms with Gasteiger partial charge in [-0.1, -0.05) is 24.4 Å². The summed E-state index contributed by atoms with van der Waals surface area (Å²) < 4.78 is 0. The van der Waals surface area contributed by atoms with Crippen molar-refractivity contribution < 1.29 is 5.11 Å². The van der Waals surface area contributed by atoms with Crippen molar-refractivity contribution in [3.05, 3.63) is 28.8 Å². The lowest BCUT2D eigenvalue weighted by atomic mass is 10.1. The number of hydrogen-bond donors (Lipinski definition) is 2. The number of benzene rings is 1. The lowest BCUT2D eigenvalue weighted by Crippen LogP contribution is -2.36. The molecule has 1 aliphatic carbocycles. The first-order chi connectivity index (χ1) is 9.26. The van der Waals surface area contributed by atoms with E-state index in [-0.39, 0.29) is 6.61 Å². The molecule has 0 spiro atoms. The molecule has 106 valence electrons. The highest BCUT2D eigenvalue weighted by Crippen LogP contribution is 2.31. The van der Waals surface area contributed by atoms with Crippen molar-refractivity contribution in [3.8, 4) is 0 Å². The SMILES string of the molecule is CNCc1cc(Cl)ccc1N(CCO)C1CCCC1. The average Bonchev–Trinajstić information content (AvgIpc) is 2.91. The van der Waals surface area contributed by atoms with Crippen LogP contribution < -0.4 is 10.2 Å². The lowest BCUT2D eigenvalue weighted by Gasteiger charge is -2.32. The van der Waals surface area contributed by atoms with Gasteiger partial charge in [0.2, 0.25) is 0 Å². The second-order valence-corrected chi connectivity index (χ2v) is 5.60. The van der Waals surface area contributed by atoms with Gasteiger partial charge >= 0.3 is 0 Å². The predicted molar refractivity (Wildman–Crippen MR) is 80.9 cm³/mol. The zero-order valence-electron chi connectivity index (χ0n) is 11.5. The summed E-state index contributed by atoms with van der Waals surface area (Å²) >= 11 is 6.10. The smallest absolute Gasteiger partial charge is 0.0606 e. The minimum Gasteiger partial charge on any atom is -0.395 e. The third-order valence-corrected chi connectivity index (χ3v) is 4.06. The van der Waals surface area contributed by atoms with Crippen molar-refractivity contribution in [2.24, 2.45) is 0 Å². The number of hydrogen-bond acceptors (Lipinski definition) is 3. The summed E-state index contributed by atoms with van der Waals surface area (Å²) in [5.74, 6) is 0. The third-order valence-electron chi connectivity index (χ3n) is 3.82. The molecular weight excluding hydrogens is 260 g/mol. The van der Waals surface area contributed by atoms with Crippen LogP contribution >= 0.6 is 11.6 Å². The monoisotopic (exact) mass is 282 g/mol. The Hall–Kier alpha value is -0.770. The van der Waals surface area contributed by atoms with E-state index in [1.807, 2.05) is 19.2 Å². The molecule has 4 heteroatoms. The van der Waals surface area contributed by atoms with Gasteiger partial charge in [0.25, 0.3) is 0 Å². The van der Waals surface area contributed by atoms with Crippen LogP contribution in [0.3, 0.4) is 0 Å². The highest BCUT2D eigenvalue weighted by atomic mass is 35.5. The second-order valence-electron chi connectivity index (χ2n) is 5.16. The maximum absolute atomic E-state index is 9.35. The first-order valence-corrected chi connectivity index (χ1v) is 7.44. The Kier molecular flexibility index (Phi) is 5.49. The van der Waals surface area contributed by atoms with Crippen molar-refractivity contribution in [1.29, 1.82) is 0 Å². The molecule has 1 aromatic carbocycles. The van der Waals surface area contributed by atoms with E-state index >= 15 is 0 Å². The molecule has 1 aliphatic rings. The number of rotatable bonds is 6. The molecule has 1 fully saturated rings. The van der Waals surface area contributed by atoms with Gasteiger partial charge in [-0.25, -0.2) is 0 Å². The molecule has 0 saturated heterocycles. The van der Waals surface area contributed by atoms with E-state index in [0.29, 0.717) is 12.6 Å². The molecule has 3 nitrogen and oxygen atoms in total. The summed E-state index contributed by atoms with van der Waals surface area (Å²) in [6, 6.07) is 6.61. The van der Waals surface area contributed by atoms with Gasteiger partial charge in [0.15, 0.2) is 0 Å². The van der Waals surface area contributed by atoms with Crippen LogP contribution in [0.15, 0.2) is 18.2 Å². The summed E-state index contributed by atoms with van der Waals surface area (Å²) in [4.78, 5) is 2.36. The molecule has 2 rings (SSSR count). The molecular formula is C15H23ClN2O. The molecule has 0 atom stereocenters. The zero-order chi connectivity index (χ0) is 13.7. The van der Waals surface area contributed by atoms with Gasteiger partial charge in [-0.2, -0.15) is 0 Å². The Bertz CT molecular complexity index is 405. The Morgan fingerprint density at radius 2 is 2.11 bits per heavy atom. The standard InChI is InChI=1S/C15H23ClN2O/c1-17-11-12-10-13(16)6-7-15(12)18(8-9-19)14-4-2-3-5-14/h6-7,10,14,17,19H,2-5,8-9,11H2,1H3. The second kappa shape index (κ2) is 7.13. The fourth-order valence-electron chi connectivity index (χ4n) is 2.99. The van der Waals surface area contributed by atoms with Gasteiger partial charge in [-0.15, -0.1) is 0 Å². The lowest BCUT2D eigenvalue weighted by molar-refractivity contribution is 0.297. The molecule has 0 amide bonds. The fraction of sp³-hybridized carbons (Fsp3) is 0.600. The molecule has 0 aromatic heterocycles. The quantitative estimate of drug-likeness (QED) is 0.842. The maximum Gasteiger partial charge on any atom is 0.0606 e. The summed E-state index contributed by atoms with van der Waals surface area (Å²) in [5, 5.41) is 13.3. The minimum absolute atomic E-state index is 0.193. The van der Waals surface area contributed by atoms with Crippen molar-refractivity contribution in [2.75, 3.05) is 25.1 Å². The highest BCUT2D eigenvalue weighted by molar-refractivity contribution is 6.30. The summed E-state index contributed by atoms with van der Waals surface area (Å²) in [6.07, 6.45) is 5.03. The van der Waals surface area contributed by atoms with Crippen LogP contribution in [0, 0.1) is 0 Å². The molecule has 0 aliphatic heterocycles. The summed E-state index contributed by atoms with van der Waals surface area (Å²) in [6.45, 7) is 1.69. The molecule has 1 saturated carbocycles. The number of nitrogens with one attached hydrogen (secondary N) is 1. The van der Waals surface area contributed by atoms with Crippen LogP contribution in [-0.4, -0.2) is 31.3 Å². The van der Waals surface area contributed by atoms with Gasteiger partial charge < -0.3 is 15.3 Å². The van der Waals surface area contributed by atoms with E-state index < -0.39 is 0 Å². The van der Waals surface area contributed by atoms with E-state index in [0.717, 1.165) is 11.6 Å². The highest BCUT2D eigenvalue weighted by Gasteiger charge is 2.24. The average molecular weight is 283 g/mol. The first kappa shape index (κ1) is 14.6. The topological polar surface area (TPSA) is 35.5 Å². The van der Waals surface area contributed by atoms with Crippen LogP contribution in [0.1, 0.15) is 31.2 Å². The molecule has 0 radical (unpaired) electrons. The number of nitrogens with zero attached hydrogens (tertiary/aromatic N) is 1. The Balaban J connectivity index is 2.28. The van der Waals surface area contributed by atoms with Crippen LogP contribution in [0.25, 0.3) is 0 Å². The van der Waals surface area contributed by atoms with Gasteiger partial charge in [0.05, 0.1) is 6.61 Å². The van der Waals surface area contributed by atoms with E-state index in [4.69, 9.17) is 11.6 Å². The summed E-state index contributed by atoms with van der Waals surface area (Å²) in [5.41, 5.74) is 2.41. The molecule has 2 N–H and O–H groups in total. The van der Waals surface area contributed by atoms with Crippen molar-refractivity contribution >= 4 is 17.3 Å². The van der Waals surface area contributed by atoms with E-state index in [1.165, 1.54) is 36.9 Å². The van der Waals surface area contributed by atoms with Crippen LogP contribution in [0.5, 0.6) is 0 Å². The fourth-order valence-corrected chi connectivity index (χ4v) is 3.18. The van der Waals surface area contributed by atoms with E-state index in [1.54, 1.807) is 0 Å². The van der Waals surface area contributed by atoms with Crippen LogP contribution in [0.2, 0.25) is 5.02 Å². The predicted octanol–water partition coefficient (Wildman–Crippen LogP) is 2.80. The van der Waals surface area contributed by atoms with Gasteiger partial charge in [0, 0.05) is 29.8 Å². The number of aliphatic hydroxyl groups excluding tert-OH is 1. The van der Waals surface area contributed by atoms with E-state index in [2.05, 4.69) is 16.3 Å². The largest absolute Gasteiger partial charge is 0.395 e. The first-order valence-electron chi connectivity index (χ1n) is 7.06. The Morgan fingerprint density at radius 3 is 2.74 bits per heavy atom. The molecule has 1 aromatic rings. The van der Waals surface area contributed by atoms with Gasteiger partial charge in [-0.05, 0) is 43.7 Å². The molecule has 0 unspecified atom stereocenters. The normalized spacial score (nSPS) is 15.9. The van der Waals surface area contributed by atoms with Crippen LogP contribution in [-0.2, 0) is 6.54 Å².